The lowest BCUT2D eigenvalue weighted by Gasteiger charge is -2.42. The van der Waals surface area contributed by atoms with Crippen molar-refractivity contribution >= 4 is 23.2 Å². The summed E-state index contributed by atoms with van der Waals surface area (Å²) in [6.07, 6.45) is 0. The molecule has 4 nitrogen and oxygen atoms in total. The number of carbonyl (C=O) groups is 2. The molecule has 0 radical (unpaired) electrons. The van der Waals surface area contributed by atoms with Crippen molar-refractivity contribution in [2.75, 3.05) is 0 Å². The van der Waals surface area contributed by atoms with Gasteiger partial charge in [0.05, 0.1) is 6.04 Å². The fraction of sp³-hybridized carbons (Fsp3) is 0.571. The first-order valence-electron chi connectivity index (χ1n) is 6.59. The predicted molar refractivity (Wildman–Crippen MR) is 75.8 cm³/mol. The average Bonchev–Trinajstić information content (AvgIpc) is 2.85. The third kappa shape index (κ3) is 2.52. The Morgan fingerprint density at radius 2 is 2.00 bits per heavy atom. The highest BCUT2D eigenvalue weighted by atomic mass is 32.1. The van der Waals surface area contributed by atoms with Crippen LogP contribution in [0.5, 0.6) is 0 Å². The summed E-state index contributed by atoms with van der Waals surface area (Å²) in [6, 6.07) is 3.13. The SMILES string of the molecule is CC1NC(=O)C(C)N(C(c2cccs2)C(C)C)C1=O. The average molecular weight is 280 g/mol. The Bertz CT molecular complexity index is 470. The summed E-state index contributed by atoms with van der Waals surface area (Å²) in [4.78, 5) is 27.3. The number of rotatable bonds is 3. The fourth-order valence-electron chi connectivity index (χ4n) is 2.56. The lowest BCUT2D eigenvalue weighted by Crippen LogP contribution is -2.62. The van der Waals surface area contributed by atoms with Crippen molar-refractivity contribution in [1.82, 2.24) is 10.2 Å². The van der Waals surface area contributed by atoms with Gasteiger partial charge >= 0.3 is 0 Å². The van der Waals surface area contributed by atoms with Crippen molar-refractivity contribution < 1.29 is 9.59 Å². The molecule has 1 aliphatic heterocycles. The van der Waals surface area contributed by atoms with Crippen LogP contribution in [0.1, 0.15) is 38.6 Å². The molecule has 1 saturated heterocycles. The molecule has 0 saturated carbocycles. The van der Waals surface area contributed by atoms with Crippen LogP contribution in [-0.2, 0) is 9.59 Å². The first kappa shape index (κ1) is 14.1. The van der Waals surface area contributed by atoms with Crippen LogP contribution in [0.4, 0.5) is 0 Å². The standard InChI is InChI=1S/C14H20N2O2S/c1-8(2)12(11-6-5-7-19-11)16-10(4)13(17)15-9(3)14(16)18/h5-10,12H,1-4H3,(H,15,17). The Kier molecular flexibility index (Phi) is 3.94. The van der Waals surface area contributed by atoms with Gasteiger partial charge in [-0.1, -0.05) is 19.9 Å². The molecule has 5 heteroatoms. The second-order valence-corrected chi connectivity index (χ2v) is 6.34. The molecule has 0 bridgehead atoms. The van der Waals surface area contributed by atoms with Crippen molar-refractivity contribution in [2.45, 2.75) is 45.8 Å². The largest absolute Gasteiger partial charge is 0.343 e. The van der Waals surface area contributed by atoms with Crippen molar-refractivity contribution in [3.8, 4) is 0 Å². The van der Waals surface area contributed by atoms with E-state index in [0.717, 1.165) is 4.88 Å². The molecule has 104 valence electrons. The molecule has 2 rings (SSSR count). The molecule has 1 N–H and O–H groups in total. The third-order valence-corrected chi connectivity index (χ3v) is 4.49. The van der Waals surface area contributed by atoms with Crippen molar-refractivity contribution in [1.29, 1.82) is 0 Å². The van der Waals surface area contributed by atoms with E-state index in [4.69, 9.17) is 0 Å². The molecule has 19 heavy (non-hydrogen) atoms. The summed E-state index contributed by atoms with van der Waals surface area (Å²) in [5, 5.41) is 4.73. The highest BCUT2D eigenvalue weighted by Crippen LogP contribution is 2.34. The minimum absolute atomic E-state index is 0.000741. The van der Waals surface area contributed by atoms with Crippen LogP contribution in [0.25, 0.3) is 0 Å². The van der Waals surface area contributed by atoms with Gasteiger partial charge in [0.1, 0.15) is 12.1 Å². The summed E-state index contributed by atoms with van der Waals surface area (Å²) in [7, 11) is 0. The molecule has 3 atom stereocenters. The van der Waals surface area contributed by atoms with Gasteiger partial charge in [-0.3, -0.25) is 9.59 Å². The van der Waals surface area contributed by atoms with E-state index in [9.17, 15) is 9.59 Å². The number of piperazine rings is 1. The molecule has 0 aliphatic carbocycles. The van der Waals surface area contributed by atoms with Gasteiger partial charge in [0.15, 0.2) is 0 Å². The summed E-state index contributed by atoms with van der Waals surface area (Å²) in [6.45, 7) is 7.70. The van der Waals surface area contributed by atoms with Gasteiger partial charge in [0, 0.05) is 4.88 Å². The summed E-state index contributed by atoms with van der Waals surface area (Å²) in [5.74, 6) is 0.191. The van der Waals surface area contributed by atoms with Gasteiger partial charge in [-0.25, -0.2) is 0 Å². The zero-order chi connectivity index (χ0) is 14.2. The molecule has 1 aliphatic rings. The van der Waals surface area contributed by atoms with Gasteiger partial charge in [0.2, 0.25) is 11.8 Å². The number of hydrogen-bond acceptors (Lipinski definition) is 3. The Hall–Kier alpha value is -1.36. The van der Waals surface area contributed by atoms with E-state index in [1.807, 2.05) is 17.5 Å². The number of thiophene rings is 1. The van der Waals surface area contributed by atoms with Crippen LogP contribution in [0.3, 0.4) is 0 Å². The number of carbonyl (C=O) groups excluding carboxylic acids is 2. The highest BCUT2D eigenvalue weighted by Gasteiger charge is 2.41. The topological polar surface area (TPSA) is 49.4 Å². The lowest BCUT2D eigenvalue weighted by atomic mass is 9.96. The third-order valence-electron chi connectivity index (χ3n) is 3.55. The summed E-state index contributed by atoms with van der Waals surface area (Å²) >= 11 is 1.63. The maximum Gasteiger partial charge on any atom is 0.246 e. The first-order chi connectivity index (χ1) is 8.93. The summed E-state index contributed by atoms with van der Waals surface area (Å²) < 4.78 is 0. The lowest BCUT2D eigenvalue weighted by molar-refractivity contribution is -0.152. The van der Waals surface area contributed by atoms with E-state index in [1.165, 1.54) is 0 Å². The normalized spacial score (nSPS) is 25.6. The highest BCUT2D eigenvalue weighted by molar-refractivity contribution is 7.10. The molecule has 1 fully saturated rings. The fourth-order valence-corrected chi connectivity index (χ4v) is 3.56. The van der Waals surface area contributed by atoms with Gasteiger partial charge < -0.3 is 10.2 Å². The van der Waals surface area contributed by atoms with Crippen LogP contribution < -0.4 is 5.32 Å². The van der Waals surface area contributed by atoms with Crippen LogP contribution in [0, 0.1) is 5.92 Å². The molecule has 2 amide bonds. The van der Waals surface area contributed by atoms with E-state index in [1.54, 1.807) is 30.1 Å². The van der Waals surface area contributed by atoms with Crippen molar-refractivity contribution in [2.24, 2.45) is 5.92 Å². The minimum atomic E-state index is -0.440. The first-order valence-corrected chi connectivity index (χ1v) is 7.47. The van der Waals surface area contributed by atoms with E-state index < -0.39 is 12.1 Å². The number of nitrogens with zero attached hydrogens (tertiary/aromatic N) is 1. The smallest absolute Gasteiger partial charge is 0.246 e. The predicted octanol–water partition coefficient (Wildman–Crippen LogP) is 2.18. The molecule has 2 heterocycles. The molecule has 0 spiro atoms. The van der Waals surface area contributed by atoms with Gasteiger partial charge in [-0.05, 0) is 31.2 Å². The van der Waals surface area contributed by atoms with Crippen molar-refractivity contribution in [3.05, 3.63) is 22.4 Å². The van der Waals surface area contributed by atoms with Gasteiger partial charge in [-0.15, -0.1) is 11.3 Å². The minimum Gasteiger partial charge on any atom is -0.343 e. The Labute approximate surface area is 117 Å². The van der Waals surface area contributed by atoms with Gasteiger partial charge in [-0.2, -0.15) is 0 Å². The zero-order valence-electron chi connectivity index (χ0n) is 11.7. The summed E-state index contributed by atoms with van der Waals surface area (Å²) in [5.41, 5.74) is 0. The molecule has 1 aromatic rings. The van der Waals surface area contributed by atoms with E-state index in [2.05, 4.69) is 19.2 Å². The molecule has 3 unspecified atom stereocenters. The van der Waals surface area contributed by atoms with Crippen molar-refractivity contribution in [3.63, 3.8) is 0 Å². The Balaban J connectivity index is 2.39. The van der Waals surface area contributed by atoms with Crippen LogP contribution >= 0.6 is 11.3 Å². The second-order valence-electron chi connectivity index (χ2n) is 5.36. The number of nitrogens with one attached hydrogen (secondary N) is 1. The molecular weight excluding hydrogens is 260 g/mol. The number of amides is 2. The monoisotopic (exact) mass is 280 g/mol. The second kappa shape index (κ2) is 5.33. The molecular formula is C14H20N2O2S. The van der Waals surface area contributed by atoms with Gasteiger partial charge in [0.25, 0.3) is 0 Å². The van der Waals surface area contributed by atoms with E-state index in [0.29, 0.717) is 0 Å². The van der Waals surface area contributed by atoms with Crippen LogP contribution in [0.2, 0.25) is 0 Å². The van der Waals surface area contributed by atoms with E-state index in [-0.39, 0.29) is 23.8 Å². The van der Waals surface area contributed by atoms with Crippen LogP contribution in [0.15, 0.2) is 17.5 Å². The quantitative estimate of drug-likeness (QED) is 0.922. The molecule has 1 aromatic heterocycles. The number of hydrogen-bond donors (Lipinski definition) is 1. The maximum atomic E-state index is 12.4. The Morgan fingerprint density at radius 3 is 2.53 bits per heavy atom. The zero-order valence-corrected chi connectivity index (χ0v) is 12.5. The van der Waals surface area contributed by atoms with Crippen LogP contribution in [-0.4, -0.2) is 28.8 Å². The Morgan fingerprint density at radius 1 is 1.32 bits per heavy atom. The van der Waals surface area contributed by atoms with E-state index >= 15 is 0 Å². The molecule has 0 aromatic carbocycles. The maximum absolute atomic E-state index is 12.4.